The summed E-state index contributed by atoms with van der Waals surface area (Å²) in [6.07, 6.45) is 0.466. The van der Waals surface area contributed by atoms with Gasteiger partial charge in [-0.1, -0.05) is 13.0 Å². The summed E-state index contributed by atoms with van der Waals surface area (Å²) in [5.74, 6) is 0.351. The maximum absolute atomic E-state index is 14.1. The molecule has 1 amide bonds. The fraction of sp³-hybridized carbons (Fsp3) is 0.478. The number of carbonyl (C=O) groups excluding carboxylic acids is 1. The van der Waals surface area contributed by atoms with E-state index in [1.165, 1.54) is 12.1 Å². The lowest BCUT2D eigenvalue weighted by Crippen LogP contribution is -2.52. The number of carbonyl (C=O) groups is 1. The van der Waals surface area contributed by atoms with E-state index in [2.05, 4.69) is 21.8 Å². The van der Waals surface area contributed by atoms with E-state index in [0.717, 1.165) is 13.0 Å². The molecule has 1 aliphatic rings. The van der Waals surface area contributed by atoms with Crippen molar-refractivity contribution in [2.45, 2.75) is 45.8 Å². The molecule has 0 unspecified atom stereocenters. The van der Waals surface area contributed by atoms with E-state index < -0.39 is 11.4 Å². The summed E-state index contributed by atoms with van der Waals surface area (Å²) in [5.41, 5.74) is 6.33. The summed E-state index contributed by atoms with van der Waals surface area (Å²) in [7, 11) is 1.74. The van der Waals surface area contributed by atoms with Gasteiger partial charge in [0.15, 0.2) is 0 Å². The van der Waals surface area contributed by atoms with Crippen molar-refractivity contribution in [1.29, 1.82) is 5.26 Å². The number of nitrogens with two attached hydrogens (primary N) is 1. The van der Waals surface area contributed by atoms with E-state index in [1.807, 2.05) is 26.8 Å². The van der Waals surface area contributed by atoms with Gasteiger partial charge in [0.2, 0.25) is 5.95 Å². The van der Waals surface area contributed by atoms with E-state index >= 15 is 0 Å². The van der Waals surface area contributed by atoms with Crippen LogP contribution in [0.5, 0.6) is 0 Å². The summed E-state index contributed by atoms with van der Waals surface area (Å²) >= 11 is 0. The van der Waals surface area contributed by atoms with E-state index in [1.54, 1.807) is 24.1 Å². The van der Waals surface area contributed by atoms with Crippen LogP contribution >= 0.6 is 0 Å². The fourth-order valence-corrected chi connectivity index (χ4v) is 3.80. The highest BCUT2D eigenvalue weighted by atomic mass is 19.1. The second-order valence-electron chi connectivity index (χ2n) is 9.27. The Morgan fingerprint density at radius 2 is 2.03 bits per heavy atom. The summed E-state index contributed by atoms with van der Waals surface area (Å²) in [4.78, 5) is 24.9. The molecule has 2 N–H and O–H groups in total. The zero-order chi connectivity index (χ0) is 23.6. The van der Waals surface area contributed by atoms with E-state index in [-0.39, 0.29) is 23.6 Å². The zero-order valence-electron chi connectivity index (χ0n) is 19.1. The maximum Gasteiger partial charge on any atom is 0.410 e. The van der Waals surface area contributed by atoms with Gasteiger partial charge in [0.1, 0.15) is 23.3 Å². The Morgan fingerprint density at radius 1 is 1.31 bits per heavy atom. The first kappa shape index (κ1) is 23.3. The quantitative estimate of drug-likeness (QED) is 0.773. The molecule has 1 aromatic heterocycles. The van der Waals surface area contributed by atoms with Crippen LogP contribution in [0.1, 0.15) is 39.7 Å². The first-order valence-electron chi connectivity index (χ1n) is 10.5. The molecule has 0 bridgehead atoms. The molecule has 9 heteroatoms. The van der Waals surface area contributed by atoms with Gasteiger partial charge >= 0.3 is 6.09 Å². The van der Waals surface area contributed by atoms with Gasteiger partial charge in [-0.25, -0.2) is 14.2 Å². The summed E-state index contributed by atoms with van der Waals surface area (Å²) in [6.45, 7) is 8.92. The van der Waals surface area contributed by atoms with Gasteiger partial charge in [-0.3, -0.25) is 0 Å². The molecule has 2 heterocycles. The fourth-order valence-electron chi connectivity index (χ4n) is 3.80. The third kappa shape index (κ3) is 5.44. The predicted molar refractivity (Wildman–Crippen MR) is 120 cm³/mol. The highest BCUT2D eigenvalue weighted by molar-refractivity contribution is 5.69. The van der Waals surface area contributed by atoms with Crippen LogP contribution in [0, 0.1) is 23.1 Å². The van der Waals surface area contributed by atoms with E-state index in [9.17, 15) is 9.18 Å². The standard InChI is InChI=1S/C23H29FN6O2/c1-14-8-17(29(5)22(31)32-23(2,3)4)13-30(12-14)20-10-19(27-21(26)28-20)15-6-7-16(11-25)18(24)9-15/h6-7,9-10,14,17H,8,12-13H2,1-5H3,(H2,26,27,28)/t14-,17-/m1/s1. The van der Waals surface area contributed by atoms with Crippen LogP contribution in [0.3, 0.4) is 0 Å². The third-order valence-corrected chi connectivity index (χ3v) is 5.31. The van der Waals surface area contributed by atoms with Gasteiger partial charge in [0.05, 0.1) is 17.3 Å². The van der Waals surface area contributed by atoms with E-state index in [0.29, 0.717) is 29.5 Å². The number of nitrogens with zero attached hydrogens (tertiary/aromatic N) is 5. The first-order chi connectivity index (χ1) is 15.0. The number of halogens is 1. The van der Waals surface area contributed by atoms with Crippen molar-refractivity contribution in [3.63, 3.8) is 0 Å². The molecule has 3 rings (SSSR count). The van der Waals surface area contributed by atoms with E-state index in [4.69, 9.17) is 15.7 Å². The van der Waals surface area contributed by atoms with Crippen LogP contribution in [0.25, 0.3) is 11.3 Å². The number of anilines is 2. The van der Waals surface area contributed by atoms with Crippen molar-refractivity contribution in [1.82, 2.24) is 14.9 Å². The van der Waals surface area contributed by atoms with Gasteiger partial charge in [-0.15, -0.1) is 0 Å². The molecular weight excluding hydrogens is 411 g/mol. The smallest absolute Gasteiger partial charge is 0.410 e. The number of amides is 1. The van der Waals surface area contributed by atoms with Gasteiger partial charge < -0.3 is 20.3 Å². The number of rotatable bonds is 3. The highest BCUT2D eigenvalue weighted by Gasteiger charge is 2.32. The lowest BCUT2D eigenvalue weighted by molar-refractivity contribution is 0.0195. The molecule has 0 saturated carbocycles. The third-order valence-electron chi connectivity index (χ3n) is 5.31. The molecular formula is C23H29FN6O2. The molecule has 1 saturated heterocycles. The van der Waals surface area contributed by atoms with Crippen LogP contribution in [0.2, 0.25) is 0 Å². The molecule has 1 aliphatic heterocycles. The number of nitriles is 1. The largest absolute Gasteiger partial charge is 0.444 e. The van der Waals surface area contributed by atoms with Gasteiger partial charge in [-0.2, -0.15) is 10.2 Å². The Bertz CT molecular complexity index is 1050. The Balaban J connectivity index is 1.86. The minimum absolute atomic E-state index is 0.0334. The SMILES string of the molecule is C[C@@H]1C[C@@H](N(C)C(=O)OC(C)(C)C)CN(c2cc(-c3ccc(C#N)c(F)c3)nc(N)n2)C1. The minimum Gasteiger partial charge on any atom is -0.444 e. The zero-order valence-corrected chi connectivity index (χ0v) is 19.1. The van der Waals surface area contributed by atoms with Crippen LogP contribution in [0.4, 0.5) is 21.0 Å². The Hall–Kier alpha value is -3.41. The minimum atomic E-state index is -0.616. The lowest BCUT2D eigenvalue weighted by atomic mass is 9.95. The topological polar surface area (TPSA) is 108 Å². The summed E-state index contributed by atoms with van der Waals surface area (Å²) in [5, 5.41) is 8.95. The monoisotopic (exact) mass is 440 g/mol. The van der Waals surface area contributed by atoms with Crippen molar-refractivity contribution in [3.05, 3.63) is 35.6 Å². The molecule has 0 aliphatic carbocycles. The average Bonchev–Trinajstić information content (AvgIpc) is 2.71. The van der Waals surface area contributed by atoms with Crippen molar-refractivity contribution in [3.8, 4) is 17.3 Å². The van der Waals surface area contributed by atoms with Crippen molar-refractivity contribution in [2.75, 3.05) is 30.8 Å². The van der Waals surface area contributed by atoms with Crippen LogP contribution in [-0.4, -0.2) is 52.7 Å². The summed E-state index contributed by atoms with van der Waals surface area (Å²) < 4.78 is 19.6. The number of hydrogen-bond donors (Lipinski definition) is 1. The molecule has 8 nitrogen and oxygen atoms in total. The summed E-state index contributed by atoms with van der Waals surface area (Å²) in [6, 6.07) is 7.80. The number of piperidine rings is 1. The normalized spacial score (nSPS) is 18.7. The number of likely N-dealkylation sites (N-methyl/N-ethyl adjacent to an activating group) is 1. The van der Waals surface area contributed by atoms with Crippen LogP contribution in [0.15, 0.2) is 24.3 Å². The molecule has 1 fully saturated rings. The Morgan fingerprint density at radius 3 is 2.66 bits per heavy atom. The molecule has 0 spiro atoms. The second kappa shape index (κ2) is 8.99. The number of hydrogen-bond acceptors (Lipinski definition) is 7. The number of aromatic nitrogens is 2. The lowest BCUT2D eigenvalue weighted by Gasteiger charge is -2.41. The molecule has 0 radical (unpaired) electrons. The van der Waals surface area contributed by atoms with Gasteiger partial charge in [0.25, 0.3) is 0 Å². The molecule has 1 aromatic carbocycles. The van der Waals surface area contributed by atoms with Crippen LogP contribution < -0.4 is 10.6 Å². The highest BCUT2D eigenvalue weighted by Crippen LogP contribution is 2.29. The van der Waals surface area contributed by atoms with Crippen molar-refractivity contribution in [2.24, 2.45) is 5.92 Å². The Labute approximate surface area is 187 Å². The molecule has 170 valence electrons. The van der Waals surface area contributed by atoms with Crippen molar-refractivity contribution >= 4 is 17.9 Å². The first-order valence-corrected chi connectivity index (χ1v) is 10.5. The van der Waals surface area contributed by atoms with Gasteiger partial charge in [-0.05, 0) is 45.2 Å². The second-order valence-corrected chi connectivity index (χ2v) is 9.27. The number of nitrogen functional groups attached to an aromatic ring is 1. The Kier molecular flexibility index (Phi) is 6.53. The number of ether oxygens (including phenoxy) is 1. The maximum atomic E-state index is 14.1. The van der Waals surface area contributed by atoms with Gasteiger partial charge in [0, 0.05) is 31.8 Å². The predicted octanol–water partition coefficient (Wildman–Crippen LogP) is 3.82. The van der Waals surface area contributed by atoms with Crippen LogP contribution in [-0.2, 0) is 4.74 Å². The number of benzene rings is 1. The average molecular weight is 441 g/mol. The van der Waals surface area contributed by atoms with Crippen molar-refractivity contribution < 1.29 is 13.9 Å². The molecule has 2 atom stereocenters. The molecule has 32 heavy (non-hydrogen) atoms. The molecule has 2 aromatic rings.